The number of benzene rings is 1. The molecule has 1 aromatic carbocycles. The van der Waals surface area contributed by atoms with E-state index in [1.165, 1.54) is 25.6 Å². The number of hydrogen-bond acceptors (Lipinski definition) is 6. The van der Waals surface area contributed by atoms with Crippen LogP contribution in [-0.4, -0.2) is 30.8 Å². The minimum atomic E-state index is -1.22. The lowest BCUT2D eigenvalue weighted by Gasteiger charge is -2.29. The topological polar surface area (TPSA) is 76.7 Å². The zero-order valence-corrected chi connectivity index (χ0v) is 13.9. The number of ether oxygens (including phenoxy) is 2. The van der Waals surface area contributed by atoms with Crippen molar-refractivity contribution in [1.29, 1.82) is 0 Å². The monoisotopic (exact) mass is 330 g/mol. The van der Waals surface area contributed by atoms with Crippen LogP contribution in [-0.2, 0) is 19.1 Å². The number of rotatable bonds is 3. The molecule has 6 nitrogen and oxygen atoms in total. The van der Waals surface area contributed by atoms with Gasteiger partial charge in [-0.2, -0.15) is 0 Å². The fourth-order valence-electron chi connectivity index (χ4n) is 2.97. The van der Waals surface area contributed by atoms with E-state index in [2.05, 4.69) is 22.8 Å². The predicted octanol–water partition coefficient (Wildman–Crippen LogP) is 2.29. The fourth-order valence-corrected chi connectivity index (χ4v) is 2.97. The summed E-state index contributed by atoms with van der Waals surface area (Å²) >= 11 is 0. The van der Waals surface area contributed by atoms with Crippen molar-refractivity contribution in [3.63, 3.8) is 0 Å². The van der Waals surface area contributed by atoms with Crippen molar-refractivity contribution < 1.29 is 19.1 Å². The van der Waals surface area contributed by atoms with E-state index >= 15 is 0 Å². The number of nitrogens with one attached hydrogen (secondary N) is 2. The summed E-state index contributed by atoms with van der Waals surface area (Å²) in [6.07, 6.45) is 3.57. The van der Waals surface area contributed by atoms with Gasteiger partial charge in [0.15, 0.2) is 5.57 Å². The lowest BCUT2D eigenvalue weighted by atomic mass is 9.90. The zero-order chi connectivity index (χ0) is 17.2. The van der Waals surface area contributed by atoms with E-state index in [-0.39, 0.29) is 5.57 Å². The van der Waals surface area contributed by atoms with Gasteiger partial charge in [-0.15, -0.1) is 0 Å². The maximum atomic E-state index is 11.9. The van der Waals surface area contributed by atoms with E-state index in [0.29, 0.717) is 5.92 Å². The largest absolute Gasteiger partial charge is 0.419 e. The van der Waals surface area contributed by atoms with Gasteiger partial charge in [0.05, 0.1) is 0 Å². The second-order valence-electron chi connectivity index (χ2n) is 6.53. The smallest absolute Gasteiger partial charge is 0.350 e. The van der Waals surface area contributed by atoms with Crippen LogP contribution in [0.4, 0.5) is 5.69 Å². The predicted molar refractivity (Wildman–Crippen MR) is 89.3 cm³/mol. The molecule has 3 rings (SSSR count). The summed E-state index contributed by atoms with van der Waals surface area (Å²) in [6, 6.07) is 8.03. The van der Waals surface area contributed by atoms with Gasteiger partial charge >= 0.3 is 11.9 Å². The number of carbonyl (C=O) groups excluding carboxylic acids is 2. The molecule has 0 unspecified atom stereocenters. The van der Waals surface area contributed by atoms with Crippen molar-refractivity contribution in [3.8, 4) is 0 Å². The number of hydrogen-bond donors (Lipinski definition) is 2. The molecule has 24 heavy (non-hydrogen) atoms. The second kappa shape index (κ2) is 6.65. The van der Waals surface area contributed by atoms with Crippen molar-refractivity contribution in [2.24, 2.45) is 0 Å². The van der Waals surface area contributed by atoms with Crippen LogP contribution in [0, 0.1) is 0 Å². The highest BCUT2D eigenvalue weighted by Gasteiger charge is 2.38. The summed E-state index contributed by atoms with van der Waals surface area (Å²) in [5, 5.41) is 6.36. The molecule has 0 atom stereocenters. The van der Waals surface area contributed by atoms with Crippen molar-refractivity contribution in [2.75, 3.05) is 18.4 Å². The lowest BCUT2D eigenvalue weighted by Crippen LogP contribution is -2.42. The van der Waals surface area contributed by atoms with Crippen molar-refractivity contribution in [3.05, 3.63) is 41.6 Å². The van der Waals surface area contributed by atoms with E-state index < -0.39 is 17.7 Å². The molecular formula is C18H22N2O4. The van der Waals surface area contributed by atoms with E-state index in [1.807, 2.05) is 12.1 Å². The Kier molecular flexibility index (Phi) is 4.57. The Morgan fingerprint density at radius 3 is 2.50 bits per heavy atom. The van der Waals surface area contributed by atoms with Crippen LogP contribution in [0.25, 0.3) is 0 Å². The minimum absolute atomic E-state index is 0.137. The van der Waals surface area contributed by atoms with Crippen LogP contribution in [0.3, 0.4) is 0 Å². The first-order valence-corrected chi connectivity index (χ1v) is 8.19. The minimum Gasteiger partial charge on any atom is -0.419 e. The van der Waals surface area contributed by atoms with Gasteiger partial charge in [-0.1, -0.05) is 12.1 Å². The molecule has 0 bridgehead atoms. The van der Waals surface area contributed by atoms with Crippen LogP contribution in [0.1, 0.15) is 38.2 Å². The quantitative estimate of drug-likeness (QED) is 0.503. The molecule has 2 fully saturated rings. The van der Waals surface area contributed by atoms with Gasteiger partial charge in [0.1, 0.15) is 0 Å². The van der Waals surface area contributed by atoms with Gasteiger partial charge in [0, 0.05) is 25.7 Å². The summed E-state index contributed by atoms with van der Waals surface area (Å²) in [4.78, 5) is 23.8. The Morgan fingerprint density at radius 1 is 1.17 bits per heavy atom. The molecule has 2 aliphatic heterocycles. The van der Waals surface area contributed by atoms with E-state index in [9.17, 15) is 9.59 Å². The molecular weight excluding hydrogens is 308 g/mol. The average Bonchev–Trinajstić information content (AvgIpc) is 2.54. The first kappa shape index (κ1) is 16.5. The van der Waals surface area contributed by atoms with Crippen molar-refractivity contribution >= 4 is 17.6 Å². The zero-order valence-electron chi connectivity index (χ0n) is 13.9. The summed E-state index contributed by atoms with van der Waals surface area (Å²) in [7, 11) is 0. The molecule has 2 aliphatic rings. The fraction of sp³-hybridized carbons (Fsp3) is 0.444. The maximum absolute atomic E-state index is 11.9. The van der Waals surface area contributed by atoms with Crippen LogP contribution < -0.4 is 10.6 Å². The first-order valence-electron chi connectivity index (χ1n) is 8.19. The summed E-state index contributed by atoms with van der Waals surface area (Å²) in [5.74, 6) is -2.05. The summed E-state index contributed by atoms with van der Waals surface area (Å²) in [6.45, 7) is 5.10. The van der Waals surface area contributed by atoms with Gasteiger partial charge < -0.3 is 20.1 Å². The molecule has 1 aromatic rings. The highest BCUT2D eigenvalue weighted by atomic mass is 16.7. The normalized spacial score (nSPS) is 21.0. The molecule has 0 aromatic heterocycles. The highest BCUT2D eigenvalue weighted by Crippen LogP contribution is 2.27. The molecule has 6 heteroatoms. The molecule has 2 N–H and O–H groups in total. The molecule has 0 spiro atoms. The van der Waals surface area contributed by atoms with Crippen LogP contribution >= 0.6 is 0 Å². The third-order valence-corrected chi connectivity index (χ3v) is 4.20. The van der Waals surface area contributed by atoms with Gasteiger partial charge in [0.25, 0.3) is 5.79 Å². The molecule has 2 saturated heterocycles. The number of anilines is 1. The third kappa shape index (κ3) is 3.76. The number of carbonyl (C=O) groups is 2. The van der Waals surface area contributed by atoms with Crippen LogP contribution in [0.15, 0.2) is 36.0 Å². The lowest BCUT2D eigenvalue weighted by molar-refractivity contribution is -0.222. The first-order chi connectivity index (χ1) is 11.4. The highest BCUT2D eigenvalue weighted by molar-refractivity contribution is 6.15. The SMILES string of the molecule is CC1(C)OC(=O)C(=CNc2cccc(C3CCNCC3)c2)C(=O)O1. The molecule has 0 radical (unpaired) electrons. The van der Waals surface area contributed by atoms with Crippen LogP contribution in [0.5, 0.6) is 0 Å². The third-order valence-electron chi connectivity index (χ3n) is 4.20. The van der Waals surface area contributed by atoms with Crippen molar-refractivity contribution in [1.82, 2.24) is 5.32 Å². The Morgan fingerprint density at radius 2 is 1.83 bits per heavy atom. The Hall–Kier alpha value is -2.34. The Bertz CT molecular complexity index is 653. The Labute approximate surface area is 141 Å². The molecule has 0 amide bonds. The van der Waals surface area contributed by atoms with Gasteiger partial charge in [-0.25, -0.2) is 9.59 Å². The Balaban J connectivity index is 1.72. The summed E-state index contributed by atoms with van der Waals surface area (Å²) < 4.78 is 10.1. The van der Waals surface area contributed by atoms with Crippen LogP contribution in [0.2, 0.25) is 0 Å². The van der Waals surface area contributed by atoms with Gasteiger partial charge in [-0.3, -0.25) is 0 Å². The number of piperidine rings is 1. The van der Waals surface area contributed by atoms with E-state index in [1.54, 1.807) is 0 Å². The molecule has 0 saturated carbocycles. The maximum Gasteiger partial charge on any atom is 0.350 e. The van der Waals surface area contributed by atoms with Gasteiger partial charge in [0.2, 0.25) is 0 Å². The van der Waals surface area contributed by atoms with E-state index in [4.69, 9.17) is 9.47 Å². The standard InChI is InChI=1S/C18H22N2O4/c1-18(2)23-16(21)15(17(22)24-18)11-20-14-5-3-4-13(10-14)12-6-8-19-9-7-12/h3-5,10-12,19-20H,6-9H2,1-2H3. The number of cyclic esters (lactones) is 2. The average molecular weight is 330 g/mol. The molecule has 2 heterocycles. The van der Waals surface area contributed by atoms with Gasteiger partial charge in [-0.05, 0) is 49.5 Å². The van der Waals surface area contributed by atoms with E-state index in [0.717, 1.165) is 31.6 Å². The molecule has 128 valence electrons. The number of esters is 2. The molecule has 0 aliphatic carbocycles. The summed E-state index contributed by atoms with van der Waals surface area (Å²) in [5.41, 5.74) is 1.94. The second-order valence-corrected chi connectivity index (χ2v) is 6.53. The van der Waals surface area contributed by atoms with Crippen molar-refractivity contribution in [2.45, 2.75) is 38.4 Å².